The number of fused-ring (bicyclic) bond motifs is 7. The first-order valence-electron chi connectivity index (χ1n) is 13.8. The molecule has 4 aliphatic carbocycles. The summed E-state index contributed by atoms with van der Waals surface area (Å²) in [5.41, 5.74) is -1.36. The Hall–Kier alpha value is -2.07. The van der Waals surface area contributed by atoms with Gasteiger partial charge in [-0.3, -0.25) is 9.59 Å². The van der Waals surface area contributed by atoms with Crippen molar-refractivity contribution in [1.82, 2.24) is 4.90 Å². The number of allylic oxidation sites excluding steroid dienone is 4. The predicted octanol–water partition coefficient (Wildman–Crippen LogP) is 3.05. The highest BCUT2D eigenvalue weighted by atomic mass is 16.8. The Bertz CT molecular complexity index is 1070. The first kappa shape index (κ1) is 27.5. The van der Waals surface area contributed by atoms with E-state index in [1.54, 1.807) is 26.0 Å². The molecule has 9 nitrogen and oxygen atoms in total. The van der Waals surface area contributed by atoms with Crippen LogP contribution in [0.25, 0.3) is 0 Å². The van der Waals surface area contributed by atoms with Crippen LogP contribution in [-0.2, 0) is 28.5 Å². The Morgan fingerprint density at radius 1 is 1.29 bits per heavy atom. The summed E-state index contributed by atoms with van der Waals surface area (Å²) in [5, 5.41) is 11.7. The van der Waals surface area contributed by atoms with Gasteiger partial charge in [-0.2, -0.15) is 0 Å². The van der Waals surface area contributed by atoms with Gasteiger partial charge in [0.15, 0.2) is 24.3 Å². The molecule has 1 N–H and O–H groups in total. The molecular formula is C29H41NO8. The first-order valence-corrected chi connectivity index (χ1v) is 13.8. The van der Waals surface area contributed by atoms with Crippen LogP contribution in [0, 0.1) is 28.6 Å². The maximum absolute atomic E-state index is 13.9. The topological polar surface area (TPSA) is 112 Å². The molecule has 4 fully saturated rings. The molecule has 9 heteroatoms. The lowest BCUT2D eigenvalue weighted by Gasteiger charge is -2.59. The zero-order valence-corrected chi connectivity index (χ0v) is 23.3. The largest absolute Gasteiger partial charge is 0.509 e. The molecule has 0 bridgehead atoms. The van der Waals surface area contributed by atoms with Gasteiger partial charge in [-0.1, -0.05) is 25.5 Å². The summed E-state index contributed by atoms with van der Waals surface area (Å²) in [4.78, 5) is 40.3. The quantitative estimate of drug-likeness (QED) is 0.517. The number of carbonyl (C=O) groups is 3. The monoisotopic (exact) mass is 531 g/mol. The van der Waals surface area contributed by atoms with E-state index >= 15 is 0 Å². The van der Waals surface area contributed by atoms with Gasteiger partial charge in [-0.15, -0.1) is 0 Å². The average molecular weight is 532 g/mol. The number of hydrogen-bond donors (Lipinski definition) is 1. The zero-order valence-electron chi connectivity index (χ0n) is 23.3. The molecule has 3 saturated carbocycles. The molecule has 210 valence electrons. The van der Waals surface area contributed by atoms with E-state index in [4.69, 9.17) is 18.9 Å². The van der Waals surface area contributed by atoms with E-state index in [9.17, 15) is 19.5 Å². The van der Waals surface area contributed by atoms with Gasteiger partial charge in [0.2, 0.25) is 5.78 Å². The second-order valence-electron chi connectivity index (χ2n) is 12.6. The van der Waals surface area contributed by atoms with Crippen molar-refractivity contribution in [3.8, 4) is 0 Å². The fourth-order valence-corrected chi connectivity index (χ4v) is 8.73. The van der Waals surface area contributed by atoms with Crippen LogP contribution in [0.15, 0.2) is 23.8 Å². The van der Waals surface area contributed by atoms with E-state index in [0.717, 1.165) is 18.4 Å². The summed E-state index contributed by atoms with van der Waals surface area (Å²) in [6, 6.07) is 0. The summed E-state index contributed by atoms with van der Waals surface area (Å²) < 4.78 is 23.1. The average Bonchev–Trinajstić information content (AvgIpc) is 3.27. The number of aliphatic hydroxyl groups excluding tert-OH is 1. The lowest BCUT2D eigenvalue weighted by Crippen LogP contribution is -2.63. The Balaban J connectivity index is 1.39. The third-order valence-electron chi connectivity index (χ3n) is 10.0. The molecule has 0 spiro atoms. The number of aliphatic hydroxyl groups is 1. The van der Waals surface area contributed by atoms with E-state index in [-0.39, 0.29) is 35.4 Å². The van der Waals surface area contributed by atoms with Crippen LogP contribution in [-0.4, -0.2) is 85.2 Å². The molecule has 0 aromatic rings. The van der Waals surface area contributed by atoms with Crippen molar-refractivity contribution < 1.29 is 38.4 Å². The summed E-state index contributed by atoms with van der Waals surface area (Å²) in [6.07, 6.45) is 4.83. The molecule has 1 aliphatic heterocycles. The van der Waals surface area contributed by atoms with Crippen molar-refractivity contribution >= 4 is 17.7 Å². The minimum atomic E-state index is -1.33. The number of ketones is 2. The molecule has 0 aromatic carbocycles. The first-order chi connectivity index (χ1) is 17.8. The second kappa shape index (κ2) is 9.54. The highest BCUT2D eigenvalue weighted by molar-refractivity contribution is 6.01. The fraction of sp³-hybridized carbons (Fsp3) is 0.759. The summed E-state index contributed by atoms with van der Waals surface area (Å²) >= 11 is 0. The predicted molar refractivity (Wildman–Crippen MR) is 137 cm³/mol. The number of nitrogens with zero attached hydrogens (tertiary/aromatic N) is 1. The molecule has 10 atom stereocenters. The van der Waals surface area contributed by atoms with Gasteiger partial charge in [-0.25, -0.2) is 4.79 Å². The van der Waals surface area contributed by atoms with Crippen molar-refractivity contribution in [2.75, 3.05) is 27.2 Å². The molecular weight excluding hydrogens is 490 g/mol. The van der Waals surface area contributed by atoms with Gasteiger partial charge in [0, 0.05) is 23.3 Å². The van der Waals surface area contributed by atoms with Gasteiger partial charge in [0.1, 0.15) is 6.10 Å². The minimum Gasteiger partial charge on any atom is -0.430 e. The van der Waals surface area contributed by atoms with Crippen molar-refractivity contribution in [2.24, 2.45) is 28.6 Å². The van der Waals surface area contributed by atoms with Crippen LogP contribution in [0.2, 0.25) is 0 Å². The highest BCUT2D eigenvalue weighted by Crippen LogP contribution is 2.69. The molecule has 5 aliphatic rings. The normalized spacial score (nSPS) is 44.0. The molecule has 0 radical (unpaired) electrons. The van der Waals surface area contributed by atoms with Gasteiger partial charge in [0.25, 0.3) is 0 Å². The maximum Gasteiger partial charge on any atom is 0.509 e. The molecule has 0 amide bonds. The van der Waals surface area contributed by atoms with E-state index in [2.05, 4.69) is 6.92 Å². The number of likely N-dealkylation sites (N-methyl/N-ethyl adjacent to an activating group) is 1. The van der Waals surface area contributed by atoms with E-state index < -0.39 is 47.7 Å². The smallest absolute Gasteiger partial charge is 0.430 e. The Morgan fingerprint density at radius 3 is 2.74 bits per heavy atom. The number of Topliss-reactive ketones (excluding diaryl/α,β-unsaturated/α-hetero) is 1. The van der Waals surface area contributed by atoms with E-state index in [1.807, 2.05) is 32.0 Å². The maximum atomic E-state index is 13.9. The Kier molecular flexibility index (Phi) is 6.90. The Labute approximate surface area is 224 Å². The molecule has 1 heterocycles. The number of rotatable bonds is 6. The molecule has 38 heavy (non-hydrogen) atoms. The molecule has 1 unspecified atom stereocenters. The molecule has 1 saturated heterocycles. The van der Waals surface area contributed by atoms with Gasteiger partial charge in [0.05, 0.1) is 12.2 Å². The van der Waals surface area contributed by atoms with Crippen LogP contribution >= 0.6 is 0 Å². The fourth-order valence-electron chi connectivity index (χ4n) is 8.73. The van der Waals surface area contributed by atoms with Crippen molar-refractivity contribution in [3.05, 3.63) is 23.8 Å². The van der Waals surface area contributed by atoms with Gasteiger partial charge in [-0.05, 0) is 77.6 Å². The molecule has 5 rings (SSSR count). The molecule has 0 aromatic heterocycles. The summed E-state index contributed by atoms with van der Waals surface area (Å²) in [5.74, 6) is -0.243. The second-order valence-corrected chi connectivity index (χ2v) is 12.6. The van der Waals surface area contributed by atoms with Gasteiger partial charge < -0.3 is 29.0 Å². The van der Waals surface area contributed by atoms with Crippen LogP contribution in [0.1, 0.15) is 53.4 Å². The highest BCUT2D eigenvalue weighted by Gasteiger charge is 2.75. The third kappa shape index (κ3) is 4.08. The lowest BCUT2D eigenvalue weighted by molar-refractivity contribution is -0.197. The number of ether oxygens (including phenoxy) is 4. The number of carbonyl (C=O) groups excluding carboxylic acids is 3. The van der Waals surface area contributed by atoms with Crippen molar-refractivity contribution in [3.63, 3.8) is 0 Å². The van der Waals surface area contributed by atoms with Crippen LogP contribution in [0.3, 0.4) is 0 Å². The lowest BCUT2D eigenvalue weighted by atomic mass is 9.46. The standard InChI is InChI=1S/C29H41NO8/c1-16(14-30(5)6)36-26(34)35-15-23(33)29-24(37-17(2)38-29)12-21-20-8-7-18-11-19(31)9-10-27(18,3)25(20)22(32)13-28(21,29)4/h9-11,16-17,20-22,24-25,32H,7-8,12-15H2,1-6H3/t16?,17-,20+,21+,22+,24-,25-,27+,28+,29-/m1/s1. The van der Waals surface area contributed by atoms with Crippen molar-refractivity contribution in [2.45, 2.75) is 83.6 Å². The Morgan fingerprint density at radius 2 is 2.03 bits per heavy atom. The van der Waals surface area contributed by atoms with Crippen molar-refractivity contribution in [1.29, 1.82) is 0 Å². The zero-order chi connectivity index (χ0) is 27.6. The van der Waals surface area contributed by atoms with Crippen LogP contribution < -0.4 is 0 Å². The third-order valence-corrected chi connectivity index (χ3v) is 10.0. The number of hydrogen-bond acceptors (Lipinski definition) is 9. The van der Waals surface area contributed by atoms with Crippen LogP contribution in [0.5, 0.6) is 0 Å². The summed E-state index contributed by atoms with van der Waals surface area (Å²) in [6.45, 7) is 7.73. The SMILES string of the molecule is CC(CN(C)C)OC(=O)OCC(=O)[C@@]12O[C@H](C)O[C@@H]1C[C@H]1[C@@H]3CCC4=CC(=O)C=C[C@]4(C)[C@H]3[C@@H](O)C[C@@]12C. The van der Waals surface area contributed by atoms with E-state index in [0.29, 0.717) is 19.4 Å². The van der Waals surface area contributed by atoms with Gasteiger partial charge >= 0.3 is 6.16 Å². The van der Waals surface area contributed by atoms with Crippen LogP contribution in [0.4, 0.5) is 4.79 Å². The van der Waals surface area contributed by atoms with E-state index in [1.165, 1.54) is 0 Å². The summed E-state index contributed by atoms with van der Waals surface area (Å²) in [7, 11) is 3.75. The minimum absolute atomic E-state index is 0.00330.